The summed E-state index contributed by atoms with van der Waals surface area (Å²) in [5, 5.41) is 0. The van der Waals surface area contributed by atoms with Gasteiger partial charge in [-0.3, -0.25) is 4.79 Å². The molecule has 0 N–H and O–H groups in total. The van der Waals surface area contributed by atoms with E-state index in [9.17, 15) is 4.79 Å². The van der Waals surface area contributed by atoms with Gasteiger partial charge in [-0.1, -0.05) is 0 Å². The highest BCUT2D eigenvalue weighted by Crippen LogP contribution is 2.32. The third kappa shape index (κ3) is 3.06. The van der Waals surface area contributed by atoms with Crippen LogP contribution in [0, 0.1) is 12.8 Å². The lowest BCUT2D eigenvalue weighted by Crippen LogP contribution is -2.36. The summed E-state index contributed by atoms with van der Waals surface area (Å²) < 4.78 is 0. The molecule has 4 rings (SSSR count). The Bertz CT molecular complexity index is 611. The smallest absolute Gasteiger partial charge is 0.225 e. The van der Waals surface area contributed by atoms with Crippen molar-refractivity contribution in [3.05, 3.63) is 17.1 Å². The number of rotatable bonds is 2. The van der Waals surface area contributed by atoms with E-state index in [1.54, 1.807) is 0 Å². The Morgan fingerprint density at radius 1 is 1.00 bits per heavy atom. The van der Waals surface area contributed by atoms with Gasteiger partial charge in [0.25, 0.3) is 0 Å². The molecular weight excluding hydrogens is 288 g/mol. The van der Waals surface area contributed by atoms with E-state index >= 15 is 0 Å². The van der Waals surface area contributed by atoms with E-state index in [-0.39, 0.29) is 0 Å². The van der Waals surface area contributed by atoms with Gasteiger partial charge in [0.15, 0.2) is 0 Å². The fourth-order valence-corrected chi connectivity index (χ4v) is 3.89. The number of amides is 1. The molecule has 23 heavy (non-hydrogen) atoms. The van der Waals surface area contributed by atoms with Gasteiger partial charge in [0.2, 0.25) is 5.91 Å². The van der Waals surface area contributed by atoms with Crippen LogP contribution < -0.4 is 4.90 Å². The molecule has 1 aromatic heterocycles. The summed E-state index contributed by atoms with van der Waals surface area (Å²) in [5.41, 5.74) is 2.62. The summed E-state index contributed by atoms with van der Waals surface area (Å²) >= 11 is 0. The molecule has 2 heterocycles. The molecule has 2 aliphatic carbocycles. The molecule has 0 spiro atoms. The second-order valence-electron chi connectivity index (χ2n) is 7.17. The van der Waals surface area contributed by atoms with Gasteiger partial charge >= 0.3 is 0 Å². The van der Waals surface area contributed by atoms with Crippen molar-refractivity contribution >= 4 is 11.7 Å². The summed E-state index contributed by atoms with van der Waals surface area (Å²) in [5.74, 6) is 2.74. The van der Waals surface area contributed by atoms with Gasteiger partial charge in [0.1, 0.15) is 11.6 Å². The fraction of sp³-hybridized carbons (Fsp3) is 0.722. The maximum atomic E-state index is 12.3. The Morgan fingerprint density at radius 3 is 2.65 bits per heavy atom. The van der Waals surface area contributed by atoms with Crippen LogP contribution in [0.1, 0.15) is 49.2 Å². The Labute approximate surface area is 138 Å². The van der Waals surface area contributed by atoms with Crippen molar-refractivity contribution in [2.24, 2.45) is 5.92 Å². The topological polar surface area (TPSA) is 49.3 Å². The first-order valence-corrected chi connectivity index (χ1v) is 9.12. The standard InChI is InChI=1S/C18H26N4O/c1-13-19-16-6-3-2-5-15(16)17(20-13)21-9-4-10-22(12-11-21)18(23)14-7-8-14/h14H,2-12H2,1H3. The Kier molecular flexibility index (Phi) is 3.95. The van der Waals surface area contributed by atoms with E-state index < -0.39 is 0 Å². The fourth-order valence-electron chi connectivity index (χ4n) is 3.89. The minimum atomic E-state index is 0.329. The van der Waals surface area contributed by atoms with Crippen LogP contribution >= 0.6 is 0 Å². The van der Waals surface area contributed by atoms with Crippen molar-refractivity contribution in [3.8, 4) is 0 Å². The molecule has 0 aromatic carbocycles. The van der Waals surface area contributed by atoms with E-state index in [0.717, 1.165) is 69.9 Å². The van der Waals surface area contributed by atoms with Crippen molar-refractivity contribution in [1.29, 1.82) is 0 Å². The molecule has 0 radical (unpaired) electrons. The molecule has 124 valence electrons. The predicted molar refractivity (Wildman–Crippen MR) is 89.5 cm³/mol. The van der Waals surface area contributed by atoms with E-state index in [0.29, 0.717) is 11.8 Å². The van der Waals surface area contributed by atoms with E-state index in [1.807, 2.05) is 6.92 Å². The maximum Gasteiger partial charge on any atom is 0.225 e. The van der Waals surface area contributed by atoms with Crippen LogP contribution in [0.2, 0.25) is 0 Å². The third-order valence-electron chi connectivity index (χ3n) is 5.31. The second-order valence-corrected chi connectivity index (χ2v) is 7.17. The number of aryl methyl sites for hydroxylation is 2. The first-order valence-electron chi connectivity index (χ1n) is 9.12. The molecule has 0 unspecified atom stereocenters. The highest BCUT2D eigenvalue weighted by atomic mass is 16.2. The van der Waals surface area contributed by atoms with Gasteiger partial charge in [-0.15, -0.1) is 0 Å². The molecule has 0 atom stereocenters. The van der Waals surface area contributed by atoms with Gasteiger partial charge < -0.3 is 9.80 Å². The van der Waals surface area contributed by atoms with Crippen molar-refractivity contribution in [3.63, 3.8) is 0 Å². The maximum absolute atomic E-state index is 12.3. The van der Waals surface area contributed by atoms with Crippen LogP contribution in [0.4, 0.5) is 5.82 Å². The monoisotopic (exact) mass is 314 g/mol. The zero-order valence-electron chi connectivity index (χ0n) is 14.1. The Morgan fingerprint density at radius 2 is 1.83 bits per heavy atom. The largest absolute Gasteiger partial charge is 0.354 e. The van der Waals surface area contributed by atoms with Gasteiger partial charge in [-0.05, 0) is 51.9 Å². The lowest BCUT2D eigenvalue weighted by Gasteiger charge is -2.27. The summed E-state index contributed by atoms with van der Waals surface area (Å²) in [6.45, 7) is 5.64. The van der Waals surface area contributed by atoms with Gasteiger partial charge in [0, 0.05) is 43.4 Å². The number of aromatic nitrogens is 2. The molecule has 1 amide bonds. The molecule has 1 aromatic rings. The van der Waals surface area contributed by atoms with Crippen LogP contribution in [0.5, 0.6) is 0 Å². The van der Waals surface area contributed by atoms with Gasteiger partial charge in [-0.2, -0.15) is 0 Å². The molecule has 0 bridgehead atoms. The minimum Gasteiger partial charge on any atom is -0.354 e. The van der Waals surface area contributed by atoms with E-state index in [4.69, 9.17) is 4.98 Å². The number of nitrogens with zero attached hydrogens (tertiary/aromatic N) is 4. The molecule has 1 aliphatic heterocycles. The summed E-state index contributed by atoms with van der Waals surface area (Å²) in [4.78, 5) is 26.3. The average molecular weight is 314 g/mol. The second kappa shape index (κ2) is 6.10. The van der Waals surface area contributed by atoms with Crippen molar-refractivity contribution in [1.82, 2.24) is 14.9 Å². The summed E-state index contributed by atoms with van der Waals surface area (Å²) in [6.07, 6.45) is 7.91. The SMILES string of the molecule is Cc1nc2c(c(N3CCCN(C(=O)C4CC4)CC3)n1)CCCC2. The molecule has 5 heteroatoms. The third-order valence-corrected chi connectivity index (χ3v) is 5.31. The number of anilines is 1. The molecule has 2 fully saturated rings. The Balaban J connectivity index is 1.54. The lowest BCUT2D eigenvalue weighted by molar-refractivity contribution is -0.132. The molecule has 3 aliphatic rings. The highest BCUT2D eigenvalue weighted by molar-refractivity contribution is 5.81. The minimum absolute atomic E-state index is 0.329. The normalized spacial score (nSPS) is 21.8. The molecular formula is C18H26N4O. The number of hydrogen-bond acceptors (Lipinski definition) is 4. The number of fused-ring (bicyclic) bond motifs is 1. The quantitative estimate of drug-likeness (QED) is 0.839. The van der Waals surface area contributed by atoms with Crippen molar-refractivity contribution in [2.45, 2.75) is 51.9 Å². The Hall–Kier alpha value is -1.65. The highest BCUT2D eigenvalue weighted by Gasteiger charge is 2.34. The van der Waals surface area contributed by atoms with E-state index in [2.05, 4.69) is 14.8 Å². The molecule has 5 nitrogen and oxygen atoms in total. The lowest BCUT2D eigenvalue weighted by atomic mass is 9.96. The van der Waals surface area contributed by atoms with Crippen LogP contribution in [0.3, 0.4) is 0 Å². The zero-order chi connectivity index (χ0) is 15.8. The zero-order valence-corrected chi connectivity index (χ0v) is 14.1. The summed E-state index contributed by atoms with van der Waals surface area (Å²) in [6, 6.07) is 0. The molecule has 1 saturated carbocycles. The van der Waals surface area contributed by atoms with Crippen LogP contribution in [-0.2, 0) is 17.6 Å². The van der Waals surface area contributed by atoms with Crippen LogP contribution in [0.15, 0.2) is 0 Å². The predicted octanol–water partition coefficient (Wildman–Crippen LogP) is 2.11. The van der Waals surface area contributed by atoms with E-state index in [1.165, 1.54) is 24.1 Å². The summed E-state index contributed by atoms with van der Waals surface area (Å²) in [7, 11) is 0. The average Bonchev–Trinajstić information content (AvgIpc) is 3.40. The number of hydrogen-bond donors (Lipinski definition) is 0. The van der Waals surface area contributed by atoms with Crippen molar-refractivity contribution < 1.29 is 4.79 Å². The first kappa shape index (κ1) is 14.9. The number of carbonyl (C=O) groups is 1. The first-order chi connectivity index (χ1) is 11.2. The van der Waals surface area contributed by atoms with Gasteiger partial charge in [-0.25, -0.2) is 9.97 Å². The van der Waals surface area contributed by atoms with Crippen LogP contribution in [-0.4, -0.2) is 47.0 Å². The van der Waals surface area contributed by atoms with Gasteiger partial charge in [0.05, 0.1) is 0 Å². The molecule has 1 saturated heterocycles. The van der Waals surface area contributed by atoms with Crippen molar-refractivity contribution in [2.75, 3.05) is 31.1 Å². The van der Waals surface area contributed by atoms with Crippen LogP contribution in [0.25, 0.3) is 0 Å². The number of carbonyl (C=O) groups excluding carboxylic acids is 1.